The lowest BCUT2D eigenvalue weighted by atomic mass is 10.1. The molecule has 5 nitrogen and oxygen atoms in total. The van der Waals surface area contributed by atoms with Crippen LogP contribution in [0.25, 0.3) is 0 Å². The Bertz CT molecular complexity index is 699. The van der Waals surface area contributed by atoms with Gasteiger partial charge in [-0.1, -0.05) is 25.1 Å². The molecule has 1 amide bonds. The fraction of sp³-hybridized carbons (Fsp3) is 0.412. The average Bonchev–Trinajstić information content (AvgIpc) is 2.96. The molecule has 0 spiro atoms. The maximum absolute atomic E-state index is 12.5. The molecule has 0 aliphatic carbocycles. The number of likely N-dealkylation sites (N-methyl/N-ethyl adjacent to an activating group) is 1. The molecule has 1 aromatic heterocycles. The van der Waals surface area contributed by atoms with E-state index < -0.39 is 0 Å². The topological polar surface area (TPSA) is 54.5 Å². The van der Waals surface area contributed by atoms with E-state index in [0.717, 1.165) is 37.3 Å². The van der Waals surface area contributed by atoms with Crippen molar-refractivity contribution in [3.05, 3.63) is 46.0 Å². The van der Waals surface area contributed by atoms with Crippen LogP contribution in [0, 0.1) is 0 Å². The molecule has 1 aromatic carbocycles. The quantitative estimate of drug-likeness (QED) is 0.915. The maximum atomic E-state index is 12.5. The van der Waals surface area contributed by atoms with Gasteiger partial charge in [-0.2, -0.15) is 0 Å². The average molecular weight is 331 g/mol. The summed E-state index contributed by atoms with van der Waals surface area (Å²) >= 11 is 1.58. The van der Waals surface area contributed by atoms with Crippen LogP contribution < -0.4 is 5.32 Å². The second-order valence-electron chi connectivity index (χ2n) is 5.55. The number of aromatic nitrogens is 1. The van der Waals surface area contributed by atoms with Crippen molar-refractivity contribution in [3.63, 3.8) is 0 Å². The molecule has 0 bridgehead atoms. The third-order valence-corrected chi connectivity index (χ3v) is 5.04. The number of nitrogens with zero attached hydrogens (tertiary/aromatic N) is 2. The number of benzene rings is 1. The summed E-state index contributed by atoms with van der Waals surface area (Å²) in [6.45, 7) is 5.60. The molecule has 0 saturated heterocycles. The van der Waals surface area contributed by atoms with Gasteiger partial charge in [0.25, 0.3) is 5.91 Å². The van der Waals surface area contributed by atoms with Crippen molar-refractivity contribution in [1.29, 1.82) is 0 Å². The number of carbonyl (C=O) groups is 1. The number of carbonyl (C=O) groups excluding carboxylic acids is 1. The number of ether oxygens (including phenoxy) is 1. The van der Waals surface area contributed by atoms with Crippen molar-refractivity contribution in [2.75, 3.05) is 25.5 Å². The Morgan fingerprint density at radius 3 is 3.04 bits per heavy atom. The summed E-state index contributed by atoms with van der Waals surface area (Å²) in [7, 11) is 1.63. The normalized spacial score (nSPS) is 14.5. The van der Waals surface area contributed by atoms with Crippen molar-refractivity contribution in [1.82, 2.24) is 9.88 Å². The lowest BCUT2D eigenvalue weighted by Gasteiger charge is -2.23. The molecule has 0 saturated carbocycles. The molecule has 0 unspecified atom stereocenters. The Balaban J connectivity index is 1.75. The Kier molecular flexibility index (Phi) is 5.05. The van der Waals surface area contributed by atoms with Gasteiger partial charge in [-0.05, 0) is 18.2 Å². The summed E-state index contributed by atoms with van der Waals surface area (Å²) in [5, 5.41) is 3.63. The van der Waals surface area contributed by atoms with E-state index in [1.54, 1.807) is 18.4 Å². The highest BCUT2D eigenvalue weighted by atomic mass is 32.1. The highest BCUT2D eigenvalue weighted by Crippen LogP contribution is 2.28. The van der Waals surface area contributed by atoms with E-state index in [2.05, 4.69) is 22.1 Å². The molecular formula is C17H21N3O2S. The Labute approximate surface area is 140 Å². The van der Waals surface area contributed by atoms with Crippen LogP contribution in [0.3, 0.4) is 0 Å². The Morgan fingerprint density at radius 2 is 2.26 bits per heavy atom. The highest BCUT2D eigenvalue weighted by molar-refractivity contribution is 7.15. The molecule has 1 aliphatic heterocycles. The van der Waals surface area contributed by atoms with Crippen LogP contribution in [0.2, 0.25) is 0 Å². The SMILES string of the molecule is CCN1CCc2nc(NC(=O)c3ccccc3COC)sc2C1. The minimum Gasteiger partial charge on any atom is -0.380 e. The van der Waals surface area contributed by atoms with E-state index in [9.17, 15) is 4.79 Å². The zero-order valence-electron chi connectivity index (χ0n) is 13.5. The van der Waals surface area contributed by atoms with Gasteiger partial charge in [-0.3, -0.25) is 15.0 Å². The largest absolute Gasteiger partial charge is 0.380 e. The van der Waals surface area contributed by atoms with Crippen LogP contribution in [0.5, 0.6) is 0 Å². The molecule has 2 heterocycles. The van der Waals surface area contributed by atoms with Gasteiger partial charge >= 0.3 is 0 Å². The van der Waals surface area contributed by atoms with E-state index in [1.807, 2.05) is 24.3 Å². The number of thiazole rings is 1. The fourth-order valence-electron chi connectivity index (χ4n) is 2.76. The van der Waals surface area contributed by atoms with Crippen LogP contribution in [0.15, 0.2) is 24.3 Å². The van der Waals surface area contributed by atoms with Crippen LogP contribution in [-0.4, -0.2) is 36.0 Å². The molecule has 6 heteroatoms. The molecule has 1 N–H and O–H groups in total. The molecule has 0 fully saturated rings. The van der Waals surface area contributed by atoms with E-state index in [-0.39, 0.29) is 5.91 Å². The zero-order chi connectivity index (χ0) is 16.2. The van der Waals surface area contributed by atoms with Crippen LogP contribution >= 0.6 is 11.3 Å². The Hall–Kier alpha value is -1.76. The van der Waals surface area contributed by atoms with Crippen molar-refractivity contribution in [2.45, 2.75) is 26.5 Å². The zero-order valence-corrected chi connectivity index (χ0v) is 14.3. The molecule has 122 valence electrons. The van der Waals surface area contributed by atoms with E-state index >= 15 is 0 Å². The number of amides is 1. The molecule has 3 rings (SSSR count). The summed E-state index contributed by atoms with van der Waals surface area (Å²) in [6, 6.07) is 7.49. The first-order valence-electron chi connectivity index (χ1n) is 7.80. The lowest BCUT2D eigenvalue weighted by Crippen LogP contribution is -2.29. The van der Waals surface area contributed by atoms with E-state index in [1.165, 1.54) is 4.88 Å². The third-order valence-electron chi connectivity index (χ3n) is 4.04. The predicted octanol–water partition coefficient (Wildman–Crippen LogP) is 2.92. The molecule has 0 atom stereocenters. The van der Waals surface area contributed by atoms with Crippen LogP contribution in [0.4, 0.5) is 5.13 Å². The fourth-order valence-corrected chi connectivity index (χ4v) is 3.80. The van der Waals surface area contributed by atoms with E-state index in [0.29, 0.717) is 17.3 Å². The van der Waals surface area contributed by atoms with Gasteiger partial charge < -0.3 is 4.74 Å². The number of anilines is 1. The highest BCUT2D eigenvalue weighted by Gasteiger charge is 2.21. The summed E-state index contributed by atoms with van der Waals surface area (Å²) in [5.74, 6) is -0.129. The third kappa shape index (κ3) is 3.60. The number of methoxy groups -OCH3 is 1. The Morgan fingerprint density at radius 1 is 1.43 bits per heavy atom. The first-order valence-corrected chi connectivity index (χ1v) is 8.62. The number of nitrogens with one attached hydrogen (secondary N) is 1. The van der Waals surface area contributed by atoms with Gasteiger partial charge in [0.1, 0.15) is 0 Å². The number of rotatable bonds is 5. The molecule has 2 aromatic rings. The first-order chi connectivity index (χ1) is 11.2. The van der Waals surface area contributed by atoms with Crippen molar-refractivity contribution < 1.29 is 9.53 Å². The lowest BCUT2D eigenvalue weighted by molar-refractivity contribution is 0.102. The van der Waals surface area contributed by atoms with Gasteiger partial charge in [-0.25, -0.2) is 4.98 Å². The van der Waals surface area contributed by atoms with Gasteiger partial charge in [0, 0.05) is 37.1 Å². The molecule has 23 heavy (non-hydrogen) atoms. The van der Waals surface area contributed by atoms with Crippen LogP contribution in [-0.2, 0) is 24.3 Å². The molecular weight excluding hydrogens is 310 g/mol. The number of hydrogen-bond donors (Lipinski definition) is 1. The summed E-state index contributed by atoms with van der Waals surface area (Å²) in [5.41, 5.74) is 2.64. The standard InChI is InChI=1S/C17H21N3O2S/c1-3-20-9-8-14-15(10-20)23-17(18-14)19-16(21)13-7-5-4-6-12(13)11-22-2/h4-7H,3,8-11H2,1-2H3,(H,18,19,21). The monoisotopic (exact) mass is 331 g/mol. The number of fused-ring (bicyclic) bond motifs is 1. The van der Waals surface area contributed by atoms with Gasteiger partial charge in [-0.15, -0.1) is 11.3 Å². The smallest absolute Gasteiger partial charge is 0.257 e. The first kappa shape index (κ1) is 16.1. The minimum absolute atomic E-state index is 0.129. The van der Waals surface area contributed by atoms with Crippen molar-refractivity contribution >= 4 is 22.4 Å². The van der Waals surface area contributed by atoms with Crippen molar-refractivity contribution in [3.8, 4) is 0 Å². The van der Waals surface area contributed by atoms with E-state index in [4.69, 9.17) is 4.74 Å². The summed E-state index contributed by atoms with van der Waals surface area (Å²) < 4.78 is 5.16. The summed E-state index contributed by atoms with van der Waals surface area (Å²) in [4.78, 5) is 20.8. The number of hydrogen-bond acceptors (Lipinski definition) is 5. The second kappa shape index (κ2) is 7.21. The van der Waals surface area contributed by atoms with Crippen molar-refractivity contribution in [2.24, 2.45) is 0 Å². The minimum atomic E-state index is -0.129. The van der Waals surface area contributed by atoms with Crippen LogP contribution in [0.1, 0.15) is 33.4 Å². The van der Waals surface area contributed by atoms with Gasteiger partial charge in [0.05, 0.1) is 12.3 Å². The molecule has 0 radical (unpaired) electrons. The van der Waals surface area contributed by atoms with Gasteiger partial charge in [0.15, 0.2) is 5.13 Å². The maximum Gasteiger partial charge on any atom is 0.257 e. The second-order valence-corrected chi connectivity index (χ2v) is 6.64. The molecule has 1 aliphatic rings. The predicted molar refractivity (Wildman–Crippen MR) is 91.9 cm³/mol. The van der Waals surface area contributed by atoms with Gasteiger partial charge in [0.2, 0.25) is 0 Å². The summed E-state index contributed by atoms with van der Waals surface area (Å²) in [6.07, 6.45) is 0.954.